The van der Waals surface area contributed by atoms with Gasteiger partial charge in [0.1, 0.15) is 11.6 Å². The fourth-order valence-electron chi connectivity index (χ4n) is 2.69. The number of nitrogens with zero attached hydrogens (tertiary/aromatic N) is 1. The number of H-pyrrole nitrogens is 1. The maximum Gasteiger partial charge on any atom is 0.127 e. The monoisotopic (exact) mass is 233 g/mol. The van der Waals surface area contributed by atoms with Crippen LogP contribution in [0.4, 0.5) is 4.39 Å². The lowest BCUT2D eigenvalue weighted by Gasteiger charge is -2.25. The summed E-state index contributed by atoms with van der Waals surface area (Å²) < 4.78 is 13.1. The Balaban J connectivity index is 2.11. The second kappa shape index (κ2) is 3.81. The van der Waals surface area contributed by atoms with Gasteiger partial charge >= 0.3 is 0 Å². The van der Waals surface area contributed by atoms with Crippen LogP contribution in [0.1, 0.15) is 32.0 Å². The van der Waals surface area contributed by atoms with Gasteiger partial charge in [-0.25, -0.2) is 9.37 Å². The van der Waals surface area contributed by atoms with Crippen LogP contribution in [0, 0.1) is 5.82 Å². The van der Waals surface area contributed by atoms with E-state index < -0.39 is 0 Å². The summed E-state index contributed by atoms with van der Waals surface area (Å²) in [6, 6.07) is 4.68. The molecule has 0 bridgehead atoms. The highest BCUT2D eigenvalue weighted by Gasteiger charge is 2.36. The second-order valence-electron chi connectivity index (χ2n) is 4.71. The molecular weight excluding hydrogens is 217 g/mol. The van der Waals surface area contributed by atoms with Crippen molar-refractivity contribution in [2.75, 3.05) is 6.54 Å². The third-order valence-electron chi connectivity index (χ3n) is 3.74. The largest absolute Gasteiger partial charge is 0.340 e. The van der Waals surface area contributed by atoms with Crippen LogP contribution >= 0.6 is 0 Å². The number of fused-ring (bicyclic) bond motifs is 1. The first kappa shape index (κ1) is 10.7. The third kappa shape index (κ3) is 1.63. The van der Waals surface area contributed by atoms with E-state index >= 15 is 0 Å². The molecule has 17 heavy (non-hydrogen) atoms. The van der Waals surface area contributed by atoms with Crippen molar-refractivity contribution in [3.8, 4) is 0 Å². The fourth-order valence-corrected chi connectivity index (χ4v) is 2.69. The average Bonchev–Trinajstić information content (AvgIpc) is 2.94. The lowest BCUT2D eigenvalue weighted by molar-refractivity contribution is 0.357. The molecule has 90 valence electrons. The molecule has 1 aliphatic rings. The van der Waals surface area contributed by atoms with Gasteiger partial charge in [-0.05, 0) is 44.0 Å². The topological polar surface area (TPSA) is 40.7 Å². The van der Waals surface area contributed by atoms with Gasteiger partial charge < -0.3 is 10.3 Å². The summed E-state index contributed by atoms with van der Waals surface area (Å²) in [5, 5.41) is 3.52. The third-order valence-corrected chi connectivity index (χ3v) is 3.74. The molecule has 0 radical (unpaired) electrons. The standard InChI is InChI=1S/C13H16FN3/c1-2-13(6-3-7-15-13)12-16-10-5-4-9(14)8-11(10)17-12/h4-5,8,15H,2-3,6-7H2,1H3,(H,16,17). The number of benzene rings is 1. The highest BCUT2D eigenvalue weighted by atomic mass is 19.1. The molecule has 1 unspecified atom stereocenters. The van der Waals surface area contributed by atoms with Gasteiger partial charge in [0.15, 0.2) is 0 Å². The van der Waals surface area contributed by atoms with Crippen LogP contribution in [0.15, 0.2) is 18.2 Å². The Labute approximate surface area is 99.4 Å². The van der Waals surface area contributed by atoms with E-state index in [0.717, 1.165) is 36.2 Å². The molecule has 0 aliphatic carbocycles. The predicted octanol–water partition coefficient (Wildman–Crippen LogP) is 2.69. The Morgan fingerprint density at radius 2 is 2.35 bits per heavy atom. The van der Waals surface area contributed by atoms with Crippen LogP contribution < -0.4 is 5.32 Å². The zero-order chi connectivity index (χ0) is 11.9. The Hall–Kier alpha value is -1.42. The van der Waals surface area contributed by atoms with Gasteiger partial charge in [-0.3, -0.25) is 0 Å². The van der Waals surface area contributed by atoms with Crippen molar-refractivity contribution in [3.63, 3.8) is 0 Å². The number of aromatic amines is 1. The van der Waals surface area contributed by atoms with Crippen molar-refractivity contribution in [1.29, 1.82) is 0 Å². The summed E-state index contributed by atoms with van der Waals surface area (Å²) >= 11 is 0. The molecule has 2 heterocycles. The Kier molecular flexibility index (Phi) is 2.40. The highest BCUT2D eigenvalue weighted by Crippen LogP contribution is 2.33. The summed E-state index contributed by atoms with van der Waals surface area (Å²) in [6.07, 6.45) is 3.25. The van der Waals surface area contributed by atoms with E-state index in [4.69, 9.17) is 0 Å². The molecule has 2 N–H and O–H groups in total. The average molecular weight is 233 g/mol. The number of halogens is 1. The zero-order valence-corrected chi connectivity index (χ0v) is 9.89. The minimum absolute atomic E-state index is 0.0461. The van der Waals surface area contributed by atoms with Crippen LogP contribution in [0.3, 0.4) is 0 Å². The molecule has 1 saturated heterocycles. The van der Waals surface area contributed by atoms with E-state index in [9.17, 15) is 4.39 Å². The molecule has 0 amide bonds. The highest BCUT2D eigenvalue weighted by molar-refractivity contribution is 5.75. The number of hydrogen-bond acceptors (Lipinski definition) is 2. The second-order valence-corrected chi connectivity index (χ2v) is 4.71. The van der Waals surface area contributed by atoms with Gasteiger partial charge in [-0.2, -0.15) is 0 Å². The molecule has 3 nitrogen and oxygen atoms in total. The molecule has 1 atom stereocenters. The van der Waals surface area contributed by atoms with E-state index in [0.29, 0.717) is 0 Å². The SMILES string of the molecule is CCC1(c2nc3ccc(F)cc3[nH]2)CCCN1. The van der Waals surface area contributed by atoms with Gasteiger partial charge in [0.05, 0.1) is 16.6 Å². The van der Waals surface area contributed by atoms with E-state index in [2.05, 4.69) is 22.2 Å². The summed E-state index contributed by atoms with van der Waals surface area (Å²) in [5.41, 5.74) is 1.57. The van der Waals surface area contributed by atoms with E-state index in [1.807, 2.05) is 0 Å². The molecule has 0 saturated carbocycles. The maximum absolute atomic E-state index is 13.1. The van der Waals surface area contributed by atoms with Gasteiger partial charge in [-0.15, -0.1) is 0 Å². The molecule has 1 aromatic carbocycles. The lowest BCUT2D eigenvalue weighted by atomic mass is 9.93. The molecule has 2 aromatic rings. The lowest BCUT2D eigenvalue weighted by Crippen LogP contribution is -2.37. The molecular formula is C13H16FN3. The maximum atomic E-state index is 13.1. The molecule has 1 fully saturated rings. The number of nitrogens with one attached hydrogen (secondary N) is 2. The Bertz CT molecular complexity index is 541. The van der Waals surface area contributed by atoms with Gasteiger partial charge in [0, 0.05) is 0 Å². The van der Waals surface area contributed by atoms with Crippen molar-refractivity contribution in [1.82, 2.24) is 15.3 Å². The minimum atomic E-state index is -0.224. The predicted molar refractivity (Wildman–Crippen MR) is 65.3 cm³/mol. The minimum Gasteiger partial charge on any atom is -0.340 e. The summed E-state index contributed by atoms with van der Waals surface area (Å²) in [7, 11) is 0. The van der Waals surface area contributed by atoms with E-state index in [1.165, 1.54) is 18.6 Å². The van der Waals surface area contributed by atoms with Crippen LogP contribution in [-0.4, -0.2) is 16.5 Å². The first-order valence-electron chi connectivity index (χ1n) is 6.14. The van der Waals surface area contributed by atoms with Crippen molar-refractivity contribution in [2.24, 2.45) is 0 Å². The van der Waals surface area contributed by atoms with Gasteiger partial charge in [0.25, 0.3) is 0 Å². The first-order valence-corrected chi connectivity index (χ1v) is 6.14. The number of rotatable bonds is 2. The van der Waals surface area contributed by atoms with Crippen molar-refractivity contribution in [2.45, 2.75) is 31.7 Å². The summed E-state index contributed by atoms with van der Waals surface area (Å²) in [4.78, 5) is 7.85. The van der Waals surface area contributed by atoms with Crippen LogP contribution in [0.2, 0.25) is 0 Å². The number of hydrogen-bond donors (Lipinski definition) is 2. The normalized spacial score (nSPS) is 24.6. The number of aromatic nitrogens is 2. The summed E-state index contributed by atoms with van der Waals surface area (Å²) in [6.45, 7) is 3.19. The van der Waals surface area contributed by atoms with E-state index in [-0.39, 0.29) is 11.4 Å². The van der Waals surface area contributed by atoms with Crippen LogP contribution in [-0.2, 0) is 5.54 Å². The van der Waals surface area contributed by atoms with Gasteiger partial charge in [0.2, 0.25) is 0 Å². The van der Waals surface area contributed by atoms with Gasteiger partial charge in [-0.1, -0.05) is 6.92 Å². The molecule has 4 heteroatoms. The van der Waals surface area contributed by atoms with Crippen LogP contribution in [0.5, 0.6) is 0 Å². The Morgan fingerprint density at radius 1 is 1.47 bits per heavy atom. The molecule has 0 spiro atoms. The molecule has 1 aromatic heterocycles. The fraction of sp³-hybridized carbons (Fsp3) is 0.462. The number of imidazole rings is 1. The zero-order valence-electron chi connectivity index (χ0n) is 9.89. The van der Waals surface area contributed by atoms with Crippen molar-refractivity contribution >= 4 is 11.0 Å². The quantitative estimate of drug-likeness (QED) is 0.837. The van der Waals surface area contributed by atoms with Crippen molar-refractivity contribution in [3.05, 3.63) is 29.8 Å². The smallest absolute Gasteiger partial charge is 0.127 e. The van der Waals surface area contributed by atoms with Crippen LogP contribution in [0.25, 0.3) is 11.0 Å². The first-order chi connectivity index (χ1) is 8.23. The molecule has 3 rings (SSSR count). The van der Waals surface area contributed by atoms with E-state index in [1.54, 1.807) is 6.07 Å². The van der Waals surface area contributed by atoms with Crippen molar-refractivity contribution < 1.29 is 4.39 Å². The molecule has 1 aliphatic heterocycles. The summed E-state index contributed by atoms with van der Waals surface area (Å²) in [5.74, 6) is 0.718. The Morgan fingerprint density at radius 3 is 3.06 bits per heavy atom.